The van der Waals surface area contributed by atoms with E-state index in [2.05, 4.69) is 5.32 Å². The molecule has 1 saturated heterocycles. The fourth-order valence-corrected chi connectivity index (χ4v) is 1.49. The molecule has 0 aromatic heterocycles. The van der Waals surface area contributed by atoms with E-state index in [1.54, 1.807) is 12.1 Å². The van der Waals surface area contributed by atoms with Crippen LogP contribution in [0.4, 0.5) is 4.39 Å². The van der Waals surface area contributed by atoms with E-state index >= 15 is 0 Å². The van der Waals surface area contributed by atoms with Crippen molar-refractivity contribution in [3.8, 4) is 5.75 Å². The number of hydrogen-bond acceptors (Lipinski definition) is 2. The monoisotopic (exact) mass is 195 g/mol. The second-order valence-corrected chi connectivity index (χ2v) is 3.70. The Kier molecular flexibility index (Phi) is 2.68. The largest absolute Gasteiger partial charge is 0.490 e. The smallest absolute Gasteiger partial charge is 0.126 e. The number of nitrogens with one attached hydrogen (secondary N) is 1. The maximum Gasteiger partial charge on any atom is 0.126 e. The summed E-state index contributed by atoms with van der Waals surface area (Å²) in [5.41, 5.74) is 0. The Morgan fingerprint density at radius 1 is 1.50 bits per heavy atom. The van der Waals surface area contributed by atoms with Gasteiger partial charge in [-0.15, -0.1) is 0 Å². The third-order valence-electron chi connectivity index (χ3n) is 2.59. The van der Waals surface area contributed by atoms with Crippen LogP contribution in [0.1, 0.15) is 6.92 Å². The third kappa shape index (κ3) is 2.04. The lowest BCUT2D eigenvalue weighted by molar-refractivity contribution is 0.114. The lowest BCUT2D eigenvalue weighted by atomic mass is 9.98. The van der Waals surface area contributed by atoms with Crippen molar-refractivity contribution < 1.29 is 9.13 Å². The van der Waals surface area contributed by atoms with Gasteiger partial charge in [0.1, 0.15) is 17.7 Å². The number of halogens is 1. The van der Waals surface area contributed by atoms with Gasteiger partial charge in [-0.25, -0.2) is 4.39 Å². The molecule has 1 N–H and O–H groups in total. The predicted octanol–water partition coefficient (Wildman–Crippen LogP) is 1.81. The summed E-state index contributed by atoms with van der Waals surface area (Å²) in [7, 11) is 0. The highest BCUT2D eigenvalue weighted by molar-refractivity contribution is 5.22. The molecular formula is C11H14FNO. The molecular weight excluding hydrogens is 181 g/mol. The van der Waals surface area contributed by atoms with Crippen LogP contribution >= 0.6 is 0 Å². The molecule has 0 saturated carbocycles. The minimum atomic E-state index is -0.249. The molecule has 2 nitrogen and oxygen atoms in total. The van der Waals surface area contributed by atoms with E-state index in [-0.39, 0.29) is 11.9 Å². The van der Waals surface area contributed by atoms with Gasteiger partial charge in [0, 0.05) is 25.1 Å². The van der Waals surface area contributed by atoms with Gasteiger partial charge >= 0.3 is 0 Å². The highest BCUT2D eigenvalue weighted by atomic mass is 19.1. The van der Waals surface area contributed by atoms with E-state index in [1.807, 2.05) is 6.92 Å². The fourth-order valence-electron chi connectivity index (χ4n) is 1.49. The molecule has 3 heteroatoms. The first-order valence-electron chi connectivity index (χ1n) is 4.88. The molecule has 0 bridgehead atoms. The van der Waals surface area contributed by atoms with Gasteiger partial charge in [0.2, 0.25) is 0 Å². The first kappa shape index (κ1) is 9.46. The van der Waals surface area contributed by atoms with Crippen LogP contribution in [0.3, 0.4) is 0 Å². The van der Waals surface area contributed by atoms with Gasteiger partial charge < -0.3 is 10.1 Å². The Bertz CT molecular complexity index is 312. The Morgan fingerprint density at radius 2 is 2.29 bits per heavy atom. The number of ether oxygens (including phenoxy) is 1. The Balaban J connectivity index is 1.95. The van der Waals surface area contributed by atoms with Crippen molar-refractivity contribution in [1.29, 1.82) is 0 Å². The third-order valence-corrected chi connectivity index (χ3v) is 2.59. The van der Waals surface area contributed by atoms with Gasteiger partial charge in [0.25, 0.3) is 0 Å². The van der Waals surface area contributed by atoms with E-state index in [1.165, 1.54) is 12.1 Å². The molecule has 14 heavy (non-hydrogen) atoms. The van der Waals surface area contributed by atoms with Crippen LogP contribution in [0, 0.1) is 11.7 Å². The maximum absolute atomic E-state index is 12.8. The molecule has 1 heterocycles. The first-order chi connectivity index (χ1) is 6.75. The zero-order valence-corrected chi connectivity index (χ0v) is 8.16. The Morgan fingerprint density at radius 3 is 2.86 bits per heavy atom. The highest BCUT2D eigenvalue weighted by Gasteiger charge is 2.24. The molecule has 0 spiro atoms. The first-order valence-corrected chi connectivity index (χ1v) is 4.88. The van der Waals surface area contributed by atoms with Crippen molar-refractivity contribution in [2.24, 2.45) is 5.92 Å². The summed E-state index contributed by atoms with van der Waals surface area (Å²) in [5.74, 6) is 0.920. The van der Waals surface area contributed by atoms with Crippen molar-refractivity contribution in [2.75, 3.05) is 13.1 Å². The number of benzene rings is 1. The fraction of sp³-hybridized carbons (Fsp3) is 0.455. The van der Waals surface area contributed by atoms with Crippen molar-refractivity contribution >= 4 is 0 Å². The minimum absolute atomic E-state index is 0.151. The molecule has 1 atom stereocenters. The van der Waals surface area contributed by atoms with Crippen LogP contribution in [0.5, 0.6) is 5.75 Å². The van der Waals surface area contributed by atoms with Gasteiger partial charge in [-0.05, 0) is 19.1 Å². The summed E-state index contributed by atoms with van der Waals surface area (Å²) in [6, 6.07) is 6.28. The second kappa shape index (κ2) is 3.96. The van der Waals surface area contributed by atoms with E-state index in [9.17, 15) is 4.39 Å². The van der Waals surface area contributed by atoms with Gasteiger partial charge in [0.05, 0.1) is 0 Å². The standard InChI is InChI=1S/C11H14FNO/c1-8(9-6-13-7-9)14-11-4-2-3-10(12)5-11/h2-5,8-9,13H,6-7H2,1H3. The maximum atomic E-state index is 12.8. The number of hydrogen-bond donors (Lipinski definition) is 1. The van der Waals surface area contributed by atoms with E-state index < -0.39 is 0 Å². The van der Waals surface area contributed by atoms with E-state index in [4.69, 9.17) is 4.74 Å². The molecule has 1 aliphatic rings. The quantitative estimate of drug-likeness (QED) is 0.794. The zero-order valence-electron chi connectivity index (χ0n) is 8.16. The van der Waals surface area contributed by atoms with Gasteiger partial charge in [-0.3, -0.25) is 0 Å². The summed E-state index contributed by atoms with van der Waals surface area (Å²) in [4.78, 5) is 0. The number of rotatable bonds is 3. The topological polar surface area (TPSA) is 21.3 Å². The molecule has 1 aromatic carbocycles. The predicted molar refractivity (Wildman–Crippen MR) is 52.8 cm³/mol. The summed E-state index contributed by atoms with van der Waals surface area (Å²) in [6.45, 7) is 4.02. The van der Waals surface area contributed by atoms with Crippen LogP contribution in [0.2, 0.25) is 0 Å². The average Bonchev–Trinajstić information content (AvgIpc) is 1.99. The van der Waals surface area contributed by atoms with Gasteiger partial charge in [-0.2, -0.15) is 0 Å². The molecule has 0 aliphatic carbocycles. The molecule has 1 aromatic rings. The van der Waals surface area contributed by atoms with Crippen molar-refractivity contribution in [1.82, 2.24) is 5.32 Å². The van der Waals surface area contributed by atoms with Gasteiger partial charge in [0.15, 0.2) is 0 Å². The molecule has 76 valence electrons. The highest BCUT2D eigenvalue weighted by Crippen LogP contribution is 2.18. The molecule has 1 unspecified atom stereocenters. The van der Waals surface area contributed by atoms with E-state index in [0.29, 0.717) is 11.7 Å². The van der Waals surface area contributed by atoms with Crippen LogP contribution < -0.4 is 10.1 Å². The average molecular weight is 195 g/mol. The molecule has 1 fully saturated rings. The van der Waals surface area contributed by atoms with E-state index in [0.717, 1.165) is 13.1 Å². The normalized spacial score (nSPS) is 18.7. The molecule has 2 rings (SSSR count). The molecule has 1 aliphatic heterocycles. The SMILES string of the molecule is CC(Oc1cccc(F)c1)C1CNC1. The lowest BCUT2D eigenvalue weighted by Gasteiger charge is -2.32. The van der Waals surface area contributed by atoms with Crippen LogP contribution in [-0.2, 0) is 0 Å². The second-order valence-electron chi connectivity index (χ2n) is 3.70. The lowest BCUT2D eigenvalue weighted by Crippen LogP contribution is -2.49. The van der Waals surface area contributed by atoms with Crippen LogP contribution in [-0.4, -0.2) is 19.2 Å². The molecule has 0 radical (unpaired) electrons. The van der Waals surface area contributed by atoms with Crippen LogP contribution in [0.15, 0.2) is 24.3 Å². The van der Waals surface area contributed by atoms with Crippen molar-refractivity contribution in [3.63, 3.8) is 0 Å². The summed E-state index contributed by atoms with van der Waals surface area (Å²) < 4.78 is 18.4. The minimum Gasteiger partial charge on any atom is -0.490 e. The van der Waals surface area contributed by atoms with Gasteiger partial charge in [-0.1, -0.05) is 6.07 Å². The summed E-state index contributed by atoms with van der Waals surface area (Å²) >= 11 is 0. The van der Waals surface area contributed by atoms with Crippen LogP contribution in [0.25, 0.3) is 0 Å². The molecule has 0 amide bonds. The summed E-state index contributed by atoms with van der Waals surface area (Å²) in [5, 5.41) is 3.19. The van der Waals surface area contributed by atoms with Crippen molar-refractivity contribution in [2.45, 2.75) is 13.0 Å². The van der Waals surface area contributed by atoms with Crippen molar-refractivity contribution in [3.05, 3.63) is 30.1 Å². The Hall–Kier alpha value is -1.09. The summed E-state index contributed by atoms with van der Waals surface area (Å²) in [6.07, 6.45) is 0.151. The Labute approximate surface area is 83.1 Å². The zero-order chi connectivity index (χ0) is 9.97.